The Labute approximate surface area is 163 Å². The molecule has 146 valence electrons. The van der Waals surface area contributed by atoms with Crippen LogP contribution in [0.3, 0.4) is 0 Å². The van der Waals surface area contributed by atoms with Gasteiger partial charge in [0.05, 0.1) is 16.3 Å². The van der Waals surface area contributed by atoms with Gasteiger partial charge in [-0.1, -0.05) is 23.7 Å². The van der Waals surface area contributed by atoms with Gasteiger partial charge in [-0.3, -0.25) is 9.48 Å². The van der Waals surface area contributed by atoms with Gasteiger partial charge in [-0.05, 0) is 37.3 Å². The molecule has 3 N–H and O–H groups in total. The average Bonchev–Trinajstić information content (AvgIpc) is 3.06. The van der Waals surface area contributed by atoms with E-state index >= 15 is 0 Å². The lowest BCUT2D eigenvalue weighted by molar-refractivity contribution is -0.141. The first-order chi connectivity index (χ1) is 13.2. The van der Waals surface area contributed by atoms with Gasteiger partial charge in [0.25, 0.3) is 5.91 Å². The van der Waals surface area contributed by atoms with Crippen LogP contribution in [0.25, 0.3) is 11.3 Å². The van der Waals surface area contributed by atoms with Gasteiger partial charge in [-0.25, -0.2) is 4.98 Å². The summed E-state index contributed by atoms with van der Waals surface area (Å²) in [5, 5.41) is 6.40. The first-order valence-electron chi connectivity index (χ1n) is 8.18. The lowest BCUT2D eigenvalue weighted by Gasteiger charge is -2.10. The lowest BCUT2D eigenvalue weighted by Crippen LogP contribution is -2.14. The fourth-order valence-electron chi connectivity index (χ4n) is 2.60. The largest absolute Gasteiger partial charge is 0.435 e. The number of aromatic nitrogens is 3. The molecule has 2 heterocycles. The molecule has 0 radical (unpaired) electrons. The second-order valence-corrected chi connectivity index (χ2v) is 6.20. The Morgan fingerprint density at radius 1 is 1.25 bits per heavy atom. The van der Waals surface area contributed by atoms with Gasteiger partial charge in [0.15, 0.2) is 5.69 Å². The third-order valence-electron chi connectivity index (χ3n) is 3.93. The number of pyridine rings is 1. The van der Waals surface area contributed by atoms with Crippen LogP contribution in [0.15, 0.2) is 42.5 Å². The maximum Gasteiger partial charge on any atom is 0.435 e. The maximum atomic E-state index is 13.0. The summed E-state index contributed by atoms with van der Waals surface area (Å²) in [7, 11) is 0. The van der Waals surface area contributed by atoms with E-state index in [9.17, 15) is 18.0 Å². The lowest BCUT2D eigenvalue weighted by atomic mass is 10.1. The SMILES string of the molecule is CCn1nc(C(F)(F)F)cc1-c1ccc(NC(=O)c2ccccc2Cl)nc1N. The van der Waals surface area contributed by atoms with E-state index in [0.717, 1.165) is 6.07 Å². The summed E-state index contributed by atoms with van der Waals surface area (Å²) in [4.78, 5) is 16.4. The van der Waals surface area contributed by atoms with Crippen LogP contribution in [0.2, 0.25) is 5.02 Å². The summed E-state index contributed by atoms with van der Waals surface area (Å²) in [5.74, 6) is -0.381. The summed E-state index contributed by atoms with van der Waals surface area (Å²) in [6.07, 6.45) is -4.57. The molecular formula is C18H15ClF3N5O. The molecular weight excluding hydrogens is 395 g/mol. The number of hydrogen-bond donors (Lipinski definition) is 2. The highest BCUT2D eigenvalue weighted by Gasteiger charge is 2.35. The second-order valence-electron chi connectivity index (χ2n) is 5.79. The van der Waals surface area contributed by atoms with Crippen molar-refractivity contribution in [2.75, 3.05) is 11.1 Å². The first kappa shape index (κ1) is 19.7. The molecule has 1 aromatic carbocycles. The van der Waals surface area contributed by atoms with E-state index in [-0.39, 0.29) is 40.0 Å². The van der Waals surface area contributed by atoms with Crippen molar-refractivity contribution in [2.45, 2.75) is 19.6 Å². The maximum absolute atomic E-state index is 13.0. The van der Waals surface area contributed by atoms with Crippen LogP contribution in [0.4, 0.5) is 24.8 Å². The molecule has 0 saturated carbocycles. The molecule has 0 aliphatic carbocycles. The van der Waals surface area contributed by atoms with Crippen molar-refractivity contribution < 1.29 is 18.0 Å². The van der Waals surface area contributed by atoms with Gasteiger partial charge in [-0.2, -0.15) is 18.3 Å². The van der Waals surface area contributed by atoms with Crippen LogP contribution >= 0.6 is 11.6 Å². The molecule has 1 amide bonds. The molecule has 6 nitrogen and oxygen atoms in total. The van der Waals surface area contributed by atoms with Gasteiger partial charge >= 0.3 is 6.18 Å². The fourth-order valence-corrected chi connectivity index (χ4v) is 2.82. The number of carbonyl (C=O) groups excluding carboxylic acids is 1. The predicted molar refractivity (Wildman–Crippen MR) is 100.0 cm³/mol. The van der Waals surface area contributed by atoms with Gasteiger partial charge in [-0.15, -0.1) is 0 Å². The molecule has 0 aliphatic heterocycles. The Hall–Kier alpha value is -3.07. The molecule has 0 fully saturated rings. The molecule has 3 rings (SSSR count). The minimum Gasteiger partial charge on any atom is -0.383 e. The molecule has 3 aromatic rings. The summed E-state index contributed by atoms with van der Waals surface area (Å²) in [5.41, 5.74) is 5.63. The van der Waals surface area contributed by atoms with Crippen molar-refractivity contribution in [1.29, 1.82) is 0 Å². The number of aryl methyl sites for hydroxylation is 1. The number of nitrogen functional groups attached to an aromatic ring is 1. The van der Waals surface area contributed by atoms with E-state index in [1.165, 1.54) is 16.8 Å². The summed E-state index contributed by atoms with van der Waals surface area (Å²) < 4.78 is 40.1. The zero-order chi connectivity index (χ0) is 20.5. The van der Waals surface area contributed by atoms with Gasteiger partial charge < -0.3 is 11.1 Å². The predicted octanol–water partition coefficient (Wildman–Crippen LogP) is 4.47. The van der Waals surface area contributed by atoms with Crippen LogP contribution < -0.4 is 11.1 Å². The van der Waals surface area contributed by atoms with Crippen LogP contribution in [0, 0.1) is 0 Å². The number of rotatable bonds is 4. The van der Waals surface area contributed by atoms with E-state index in [0.29, 0.717) is 0 Å². The number of nitrogens with one attached hydrogen (secondary N) is 1. The molecule has 28 heavy (non-hydrogen) atoms. The van der Waals surface area contributed by atoms with E-state index in [1.54, 1.807) is 31.2 Å². The van der Waals surface area contributed by atoms with E-state index in [1.807, 2.05) is 0 Å². The van der Waals surface area contributed by atoms with Gasteiger partial charge in [0.1, 0.15) is 11.6 Å². The number of alkyl halides is 3. The van der Waals surface area contributed by atoms with Crippen molar-refractivity contribution in [3.8, 4) is 11.3 Å². The topological polar surface area (TPSA) is 85.8 Å². The molecule has 0 aliphatic rings. The van der Waals surface area contributed by atoms with Crippen LogP contribution in [-0.4, -0.2) is 20.7 Å². The molecule has 10 heteroatoms. The van der Waals surface area contributed by atoms with E-state index in [4.69, 9.17) is 17.3 Å². The number of hydrogen-bond acceptors (Lipinski definition) is 4. The molecule has 0 atom stereocenters. The fraction of sp³-hybridized carbons (Fsp3) is 0.167. The number of benzene rings is 1. The third kappa shape index (κ3) is 3.94. The normalized spacial score (nSPS) is 11.5. The number of amides is 1. The summed E-state index contributed by atoms with van der Waals surface area (Å²) in [6.45, 7) is 1.88. The highest BCUT2D eigenvalue weighted by molar-refractivity contribution is 6.34. The zero-order valence-electron chi connectivity index (χ0n) is 14.6. The summed E-state index contributed by atoms with van der Waals surface area (Å²) in [6, 6.07) is 10.3. The van der Waals surface area contributed by atoms with Crippen LogP contribution in [0.1, 0.15) is 23.0 Å². The number of nitrogens with zero attached hydrogens (tertiary/aromatic N) is 3. The minimum atomic E-state index is -4.57. The number of halogens is 4. The van der Waals surface area contributed by atoms with Crippen LogP contribution in [0.5, 0.6) is 0 Å². The molecule has 0 spiro atoms. The van der Waals surface area contributed by atoms with E-state index in [2.05, 4.69) is 15.4 Å². The average molecular weight is 410 g/mol. The van der Waals surface area contributed by atoms with Crippen molar-refractivity contribution in [2.24, 2.45) is 0 Å². The molecule has 0 saturated heterocycles. The van der Waals surface area contributed by atoms with Crippen molar-refractivity contribution >= 4 is 29.1 Å². The van der Waals surface area contributed by atoms with Crippen molar-refractivity contribution in [1.82, 2.24) is 14.8 Å². The Morgan fingerprint density at radius 3 is 2.57 bits per heavy atom. The minimum absolute atomic E-state index is 0.0414. The van der Waals surface area contributed by atoms with Gasteiger partial charge in [0, 0.05) is 12.1 Å². The Balaban J connectivity index is 1.90. The Bertz CT molecular complexity index is 1030. The highest BCUT2D eigenvalue weighted by atomic mass is 35.5. The number of carbonyl (C=O) groups is 1. The first-order valence-corrected chi connectivity index (χ1v) is 8.56. The molecule has 2 aromatic heterocycles. The number of anilines is 2. The van der Waals surface area contributed by atoms with E-state index < -0.39 is 17.8 Å². The zero-order valence-corrected chi connectivity index (χ0v) is 15.3. The van der Waals surface area contributed by atoms with Crippen LogP contribution in [-0.2, 0) is 12.7 Å². The third-order valence-corrected chi connectivity index (χ3v) is 4.26. The van der Waals surface area contributed by atoms with Crippen molar-refractivity contribution in [3.63, 3.8) is 0 Å². The standard InChI is InChI=1S/C18H15ClF3N5O/c1-2-27-13(9-14(26-27)18(20,21)22)11-7-8-15(24-16(11)23)25-17(28)10-5-3-4-6-12(10)19/h3-9H,2H2,1H3,(H3,23,24,25,28). The molecule has 0 bridgehead atoms. The highest BCUT2D eigenvalue weighted by Crippen LogP contribution is 2.33. The monoisotopic (exact) mass is 409 g/mol. The smallest absolute Gasteiger partial charge is 0.383 e. The molecule has 0 unspecified atom stereocenters. The summed E-state index contributed by atoms with van der Waals surface area (Å²) >= 11 is 5.99. The quantitative estimate of drug-likeness (QED) is 0.665. The Morgan fingerprint density at radius 2 is 1.96 bits per heavy atom. The van der Waals surface area contributed by atoms with Gasteiger partial charge in [0.2, 0.25) is 0 Å². The Kier molecular flexibility index (Phi) is 5.28. The van der Waals surface area contributed by atoms with Crippen molar-refractivity contribution in [3.05, 3.63) is 58.7 Å². The second kappa shape index (κ2) is 7.51. The number of nitrogens with two attached hydrogens (primary N) is 1.